The first-order valence-electron chi connectivity index (χ1n) is 10.5. The lowest BCUT2D eigenvalue weighted by Gasteiger charge is -2.39. The highest BCUT2D eigenvalue weighted by Crippen LogP contribution is 2.55. The fourth-order valence-corrected chi connectivity index (χ4v) is 5.05. The number of hydrogen-bond acceptors (Lipinski definition) is 7. The molecule has 0 spiro atoms. The van der Waals surface area contributed by atoms with Gasteiger partial charge in [-0.25, -0.2) is 14.3 Å². The third kappa shape index (κ3) is 6.17. The molecule has 0 saturated heterocycles. The second kappa shape index (κ2) is 11.5. The molecule has 0 fully saturated rings. The molecule has 3 aromatic rings. The summed E-state index contributed by atoms with van der Waals surface area (Å²) >= 11 is 6.07. The number of hydrazone groups is 3. The van der Waals surface area contributed by atoms with Gasteiger partial charge in [-0.15, -0.1) is 0 Å². The number of phenols is 3. The summed E-state index contributed by atoms with van der Waals surface area (Å²) in [5, 5.41) is 43.7. The molecule has 0 radical (unpaired) electrons. The monoisotopic (exact) mass is 510 g/mol. The Labute approximate surface area is 209 Å². The van der Waals surface area contributed by atoms with Crippen molar-refractivity contribution < 1.29 is 15.3 Å². The van der Waals surface area contributed by atoms with E-state index in [-0.39, 0.29) is 17.2 Å². The topological polar surface area (TPSA) is 107 Å². The van der Waals surface area contributed by atoms with Crippen molar-refractivity contribution in [3.63, 3.8) is 0 Å². The highest BCUT2D eigenvalue weighted by molar-refractivity contribution is 8.11. The molecule has 3 N–H and O–H groups in total. The molecule has 182 valence electrons. The molecular weight excluding hydrogens is 483 g/mol. The fraction of sp³-hybridized carbons (Fsp3) is 0.125. The minimum absolute atomic E-state index is 0.0924. The maximum absolute atomic E-state index is 10.1. The molecule has 3 rings (SSSR count). The van der Waals surface area contributed by atoms with Crippen molar-refractivity contribution in [1.82, 2.24) is 14.3 Å². The fourth-order valence-electron chi connectivity index (χ4n) is 2.99. The van der Waals surface area contributed by atoms with Crippen molar-refractivity contribution in [2.24, 2.45) is 15.3 Å². The number of aromatic hydroxyl groups is 3. The average molecular weight is 511 g/mol. The molecule has 0 atom stereocenters. The first kappa shape index (κ1) is 25.7. The minimum Gasteiger partial charge on any atom is -0.507 e. The van der Waals surface area contributed by atoms with E-state index in [9.17, 15) is 15.3 Å². The van der Waals surface area contributed by atoms with E-state index in [2.05, 4.69) is 15.3 Å². The molecule has 0 amide bonds. The van der Waals surface area contributed by atoms with Crippen LogP contribution < -0.4 is 0 Å². The van der Waals surface area contributed by atoms with Gasteiger partial charge in [-0.1, -0.05) is 36.4 Å². The van der Waals surface area contributed by atoms with E-state index >= 15 is 0 Å². The molecule has 0 heterocycles. The van der Waals surface area contributed by atoms with Crippen LogP contribution in [-0.2, 0) is 11.8 Å². The number of para-hydroxylation sites is 3. The van der Waals surface area contributed by atoms with Gasteiger partial charge in [0.15, 0.2) is 0 Å². The Bertz CT molecular complexity index is 1140. The number of phenolic OH excluding ortho intramolecular Hbond substituents is 3. The van der Waals surface area contributed by atoms with Gasteiger partial charge in [-0.3, -0.25) is 0 Å². The normalized spacial score (nSPS) is 12.0. The lowest BCUT2D eigenvalue weighted by Crippen LogP contribution is -2.29. The zero-order chi connectivity index (χ0) is 25.4. The molecule has 0 unspecified atom stereocenters. The molecule has 11 heteroatoms. The Kier molecular flexibility index (Phi) is 8.46. The van der Waals surface area contributed by atoms with Crippen LogP contribution in [0.5, 0.6) is 17.2 Å². The maximum Gasteiger partial charge on any atom is 0.265 e. The second-order valence-corrected chi connectivity index (χ2v) is 11.6. The largest absolute Gasteiger partial charge is 0.507 e. The third-order valence-corrected chi connectivity index (χ3v) is 9.73. The summed E-state index contributed by atoms with van der Waals surface area (Å²) in [6.45, 7) is -2.95. The van der Waals surface area contributed by atoms with E-state index in [0.29, 0.717) is 16.7 Å². The molecule has 3 aromatic carbocycles. The van der Waals surface area contributed by atoms with E-state index in [1.54, 1.807) is 108 Å². The highest BCUT2D eigenvalue weighted by atomic mass is 32.4. The van der Waals surface area contributed by atoms with Crippen LogP contribution >= 0.6 is 6.49 Å². The Balaban J connectivity index is 1.96. The first-order chi connectivity index (χ1) is 16.7. The average Bonchev–Trinajstić information content (AvgIpc) is 2.86. The van der Waals surface area contributed by atoms with Crippen LogP contribution in [0.1, 0.15) is 16.7 Å². The Morgan fingerprint density at radius 2 is 0.829 bits per heavy atom. The smallest absolute Gasteiger partial charge is 0.265 e. The highest BCUT2D eigenvalue weighted by Gasteiger charge is 2.32. The Morgan fingerprint density at radius 1 is 0.571 bits per heavy atom. The van der Waals surface area contributed by atoms with E-state index in [0.717, 1.165) is 0 Å². The molecule has 0 aliphatic heterocycles. The summed E-state index contributed by atoms with van der Waals surface area (Å²) in [6.07, 6.45) is 4.53. The quantitative estimate of drug-likeness (QED) is 0.225. The summed E-state index contributed by atoms with van der Waals surface area (Å²) in [7, 11) is 5.11. The van der Waals surface area contributed by atoms with Crippen LogP contribution in [0.15, 0.2) is 88.1 Å². The molecule has 0 bridgehead atoms. The van der Waals surface area contributed by atoms with Gasteiger partial charge >= 0.3 is 0 Å². The van der Waals surface area contributed by atoms with Gasteiger partial charge in [-0.2, -0.15) is 15.3 Å². The van der Waals surface area contributed by atoms with Gasteiger partial charge in [0.2, 0.25) is 0 Å². The summed E-state index contributed by atoms with van der Waals surface area (Å²) < 4.78 is 4.71. The Hall–Kier alpha value is -3.88. The molecule has 35 heavy (non-hydrogen) atoms. The van der Waals surface area contributed by atoms with Crippen molar-refractivity contribution in [3.05, 3.63) is 89.5 Å². The minimum atomic E-state index is -2.95. The van der Waals surface area contributed by atoms with E-state index < -0.39 is 6.49 Å². The van der Waals surface area contributed by atoms with Crippen LogP contribution in [-0.4, -0.2) is 69.4 Å². The summed E-state index contributed by atoms with van der Waals surface area (Å²) in [6, 6.07) is 20.5. The van der Waals surface area contributed by atoms with Crippen molar-refractivity contribution in [2.45, 2.75) is 0 Å². The van der Waals surface area contributed by atoms with Gasteiger partial charge in [0, 0.05) is 37.8 Å². The van der Waals surface area contributed by atoms with E-state index in [4.69, 9.17) is 11.8 Å². The third-order valence-electron chi connectivity index (χ3n) is 5.03. The van der Waals surface area contributed by atoms with Crippen molar-refractivity contribution >= 4 is 36.9 Å². The van der Waals surface area contributed by atoms with Crippen molar-refractivity contribution in [1.29, 1.82) is 0 Å². The molecule has 0 aliphatic carbocycles. The number of benzene rings is 3. The van der Waals surface area contributed by atoms with Gasteiger partial charge < -0.3 is 15.3 Å². The van der Waals surface area contributed by atoms with Crippen LogP contribution in [0.3, 0.4) is 0 Å². The van der Waals surface area contributed by atoms with E-state index in [1.807, 2.05) is 0 Å². The zero-order valence-electron chi connectivity index (χ0n) is 19.5. The Morgan fingerprint density at radius 3 is 1.09 bits per heavy atom. The molecule has 0 saturated carbocycles. The number of nitrogens with zero attached hydrogens (tertiary/aromatic N) is 6. The molecular formula is C24H27N6O3PS. The van der Waals surface area contributed by atoms with Gasteiger partial charge in [0.25, 0.3) is 6.49 Å². The molecule has 9 nitrogen and oxygen atoms in total. The van der Waals surface area contributed by atoms with E-state index in [1.165, 1.54) is 18.6 Å². The van der Waals surface area contributed by atoms with Gasteiger partial charge in [0.1, 0.15) is 17.2 Å². The lowest BCUT2D eigenvalue weighted by molar-refractivity contribution is 0.417. The van der Waals surface area contributed by atoms with Gasteiger partial charge in [-0.05, 0) is 48.2 Å². The van der Waals surface area contributed by atoms with Crippen LogP contribution in [0.2, 0.25) is 0 Å². The van der Waals surface area contributed by atoms with Crippen molar-refractivity contribution in [3.8, 4) is 17.2 Å². The van der Waals surface area contributed by atoms with Crippen LogP contribution in [0.25, 0.3) is 0 Å². The van der Waals surface area contributed by atoms with Crippen LogP contribution in [0, 0.1) is 0 Å². The summed E-state index contributed by atoms with van der Waals surface area (Å²) in [5.41, 5.74) is 1.59. The summed E-state index contributed by atoms with van der Waals surface area (Å²) in [5.74, 6) is 0.277. The SMILES string of the molecule is CN(N=Cc1ccccc1O)P(=S)(N(C)/N=C/c1ccccc1O)N(C)/N=C/c1ccccc1O. The predicted octanol–water partition coefficient (Wildman–Crippen LogP) is 4.23. The van der Waals surface area contributed by atoms with Crippen molar-refractivity contribution in [2.75, 3.05) is 21.1 Å². The zero-order valence-corrected chi connectivity index (χ0v) is 21.3. The maximum atomic E-state index is 10.1. The number of rotatable bonds is 9. The molecule has 0 aliphatic rings. The lowest BCUT2D eigenvalue weighted by atomic mass is 10.2. The van der Waals surface area contributed by atoms with Gasteiger partial charge in [0.05, 0.1) is 18.6 Å². The summed E-state index contributed by atoms with van der Waals surface area (Å²) in [4.78, 5) is 0. The second-order valence-electron chi connectivity index (χ2n) is 7.39. The first-order valence-corrected chi connectivity index (χ1v) is 13.2. The number of hydrogen-bond donors (Lipinski definition) is 3. The van der Waals surface area contributed by atoms with Crippen LogP contribution in [0.4, 0.5) is 0 Å². The standard InChI is InChI=1S/C24H27N6O3PS/c1-28(25-16-19-10-4-7-13-22(19)31)34(35,29(2)26-17-20-11-5-8-14-23(20)32)30(3)27-18-21-12-6-9-15-24(21)33/h4-18,31-33H,1-3H3/b25-16+,26-17+,27-18?. The molecule has 0 aromatic heterocycles. The predicted molar refractivity (Wildman–Crippen MR) is 145 cm³/mol.